The van der Waals surface area contributed by atoms with Crippen LogP contribution >= 0.6 is 0 Å². The molecule has 0 fully saturated rings. The lowest BCUT2D eigenvalue weighted by molar-refractivity contribution is 0.630. The Morgan fingerprint density at radius 3 is 1.53 bits per heavy atom. The quantitative estimate of drug-likeness (QED) is 0.164. The first-order valence-electron chi connectivity index (χ1n) is 25.3. The molecule has 0 aliphatic carbocycles. The molecule has 58 heavy (non-hydrogen) atoms. The average Bonchev–Trinajstić information content (AvgIpc) is 3.96. The SMILES string of the molecule is [2H]c1c([2H])c([2H])c(-c2c(-c3ccc4ccccc4c3)oc3c(-c4ccc(-c5c6c([2H])c([2H])c([2H])c([2H])c6c(-c6ccccc6)c6c([2H])c([2H])c([2H])c([2H])c56)cc4)c4oc5ccccc5c4cc23)c([2H])c1[2H]. The molecule has 0 bridgehead atoms. The zero-order valence-electron chi connectivity index (χ0n) is 43.4. The molecule has 0 atom stereocenters. The summed E-state index contributed by atoms with van der Waals surface area (Å²) in [5.74, 6) is 0.263. The fourth-order valence-corrected chi connectivity index (χ4v) is 8.44. The number of fused-ring (bicyclic) bond motifs is 7. The molecule has 2 nitrogen and oxygen atoms in total. The molecule has 2 heterocycles. The number of benzene rings is 10. The first-order chi connectivity index (χ1) is 34.2. The first kappa shape index (κ1) is 22.2. The number of rotatable bonds is 5. The van der Waals surface area contributed by atoms with Crippen LogP contribution in [-0.2, 0) is 0 Å². The van der Waals surface area contributed by atoms with Crippen molar-refractivity contribution in [3.63, 3.8) is 0 Å². The van der Waals surface area contributed by atoms with E-state index in [0.29, 0.717) is 55.3 Å². The summed E-state index contributed by atoms with van der Waals surface area (Å²) in [6.45, 7) is 0. The maximum atomic E-state index is 9.39. The summed E-state index contributed by atoms with van der Waals surface area (Å²) in [5.41, 5.74) is 4.49. The van der Waals surface area contributed by atoms with E-state index in [9.17, 15) is 8.22 Å². The van der Waals surface area contributed by atoms with E-state index in [2.05, 4.69) is 0 Å². The number of furan rings is 2. The highest BCUT2D eigenvalue weighted by Crippen LogP contribution is 2.50. The van der Waals surface area contributed by atoms with Gasteiger partial charge in [-0.1, -0.05) is 188 Å². The lowest BCUT2D eigenvalue weighted by Crippen LogP contribution is -1.91. The molecule has 0 radical (unpaired) electrons. The second kappa shape index (κ2) is 12.9. The van der Waals surface area contributed by atoms with Gasteiger partial charge in [-0.2, -0.15) is 0 Å². The second-order valence-electron chi connectivity index (χ2n) is 14.2. The van der Waals surface area contributed by atoms with Gasteiger partial charge in [0.1, 0.15) is 22.5 Å². The van der Waals surface area contributed by atoms with Gasteiger partial charge in [0, 0.05) is 27.3 Å². The average molecular weight is 752 g/mol. The molecule has 0 spiro atoms. The maximum Gasteiger partial charge on any atom is 0.147 e. The van der Waals surface area contributed by atoms with Crippen molar-refractivity contribution in [1.29, 1.82) is 0 Å². The molecule has 0 amide bonds. The zero-order chi connectivity index (χ0) is 49.5. The van der Waals surface area contributed by atoms with Crippen LogP contribution in [0.1, 0.15) is 17.8 Å². The number of hydrogen-bond acceptors (Lipinski definition) is 2. The Hall–Kier alpha value is -7.68. The van der Waals surface area contributed by atoms with Crippen molar-refractivity contribution in [2.45, 2.75) is 0 Å². The van der Waals surface area contributed by atoms with Crippen molar-refractivity contribution < 1.29 is 26.7 Å². The highest BCUT2D eigenvalue weighted by molar-refractivity contribution is 6.23. The fraction of sp³-hybridized carbons (Fsp3) is 0. The summed E-state index contributed by atoms with van der Waals surface area (Å²) in [6, 6.07) is 32.8. The van der Waals surface area contributed by atoms with Crippen molar-refractivity contribution in [1.82, 2.24) is 0 Å². The molecule has 2 heteroatoms. The Morgan fingerprint density at radius 1 is 0.310 bits per heavy atom. The van der Waals surface area contributed by atoms with Crippen LogP contribution in [-0.4, -0.2) is 0 Å². The second-order valence-corrected chi connectivity index (χ2v) is 14.2. The van der Waals surface area contributed by atoms with E-state index in [1.165, 1.54) is 0 Å². The molecule has 0 saturated heterocycles. The minimum absolute atomic E-state index is 0.0433. The third-order valence-electron chi connectivity index (χ3n) is 11.0. The third-order valence-corrected chi connectivity index (χ3v) is 11.0. The smallest absolute Gasteiger partial charge is 0.147 e. The molecule has 10 aromatic carbocycles. The largest absolute Gasteiger partial charge is 0.455 e. The number of hydrogen-bond donors (Lipinski definition) is 0. The molecule has 0 aliphatic heterocycles. The van der Waals surface area contributed by atoms with Crippen molar-refractivity contribution in [3.8, 4) is 55.8 Å². The van der Waals surface area contributed by atoms with E-state index >= 15 is 0 Å². The summed E-state index contributed by atoms with van der Waals surface area (Å²) in [7, 11) is 0. The van der Waals surface area contributed by atoms with Crippen LogP contribution in [0.2, 0.25) is 0 Å². The molecule has 2 aromatic heterocycles. The first-order valence-corrected chi connectivity index (χ1v) is 18.8. The van der Waals surface area contributed by atoms with Crippen molar-refractivity contribution in [2.24, 2.45) is 0 Å². The molecular formula is C56H34O2. The Bertz CT molecular complexity index is 4200. The Kier molecular flexibility index (Phi) is 4.95. The predicted molar refractivity (Wildman–Crippen MR) is 243 cm³/mol. The topological polar surface area (TPSA) is 26.3 Å². The van der Waals surface area contributed by atoms with E-state index in [0.717, 1.165) is 16.2 Å². The van der Waals surface area contributed by atoms with E-state index in [1.807, 2.05) is 72.8 Å². The minimum atomic E-state index is -0.533. The van der Waals surface area contributed by atoms with Gasteiger partial charge in [-0.05, 0) is 83.9 Å². The molecular weight excluding hydrogens is 705 g/mol. The van der Waals surface area contributed by atoms with Gasteiger partial charge in [-0.15, -0.1) is 0 Å². The lowest BCUT2D eigenvalue weighted by Gasteiger charge is -2.18. The molecule has 0 saturated carbocycles. The van der Waals surface area contributed by atoms with E-state index in [-0.39, 0.29) is 73.7 Å². The standard InChI is InChI=1S/C56H34O2/c1-3-16-36(17-4-1)50-43-22-9-11-24-45(43)51(46-25-12-10-23-44(46)50)38-28-30-39(31-29-38)53-55-47(42-21-13-14-26-49(42)57-55)34-48-52(37-18-5-2-6-19-37)54(58-56(48)53)41-32-27-35-15-7-8-20-40(35)33-41/h1-34H/i2D,5D,6D,9D,10D,11D,12D,18D,19D,22D,23D,24D,25D. The van der Waals surface area contributed by atoms with Crippen LogP contribution in [0, 0.1) is 0 Å². The minimum Gasteiger partial charge on any atom is -0.455 e. The van der Waals surface area contributed by atoms with Crippen molar-refractivity contribution in [3.05, 3.63) is 206 Å². The molecule has 12 rings (SSSR count). The van der Waals surface area contributed by atoms with Gasteiger partial charge in [-0.25, -0.2) is 0 Å². The molecule has 0 unspecified atom stereocenters. The Labute approximate surface area is 353 Å². The molecule has 270 valence electrons. The van der Waals surface area contributed by atoms with Crippen LogP contribution in [0.3, 0.4) is 0 Å². The highest BCUT2D eigenvalue weighted by atomic mass is 16.3. The van der Waals surface area contributed by atoms with Gasteiger partial charge in [-0.3, -0.25) is 0 Å². The maximum absolute atomic E-state index is 9.39. The summed E-state index contributed by atoms with van der Waals surface area (Å²) in [6.07, 6.45) is 0. The summed E-state index contributed by atoms with van der Waals surface area (Å²) < 4.78 is 131. The van der Waals surface area contributed by atoms with Gasteiger partial charge in [0.15, 0.2) is 0 Å². The van der Waals surface area contributed by atoms with Gasteiger partial charge >= 0.3 is 0 Å². The summed E-state index contributed by atoms with van der Waals surface area (Å²) in [4.78, 5) is 0. The lowest BCUT2D eigenvalue weighted by atomic mass is 9.85. The van der Waals surface area contributed by atoms with E-state index < -0.39 is 54.4 Å². The molecule has 0 N–H and O–H groups in total. The van der Waals surface area contributed by atoms with Crippen LogP contribution in [0.5, 0.6) is 0 Å². The predicted octanol–water partition coefficient (Wildman–Crippen LogP) is 16.1. The highest BCUT2D eigenvalue weighted by Gasteiger charge is 2.26. The monoisotopic (exact) mass is 751 g/mol. The molecule has 12 aromatic rings. The fourth-order valence-electron chi connectivity index (χ4n) is 8.44. The van der Waals surface area contributed by atoms with Gasteiger partial charge in [0.2, 0.25) is 0 Å². The van der Waals surface area contributed by atoms with Gasteiger partial charge in [0.05, 0.1) is 23.4 Å². The van der Waals surface area contributed by atoms with E-state index in [4.69, 9.17) is 18.4 Å². The van der Waals surface area contributed by atoms with Crippen LogP contribution < -0.4 is 0 Å². The summed E-state index contributed by atoms with van der Waals surface area (Å²) >= 11 is 0. The summed E-state index contributed by atoms with van der Waals surface area (Å²) in [5, 5.41) is 4.07. The number of para-hydroxylation sites is 1. The Balaban J connectivity index is 1.20. The van der Waals surface area contributed by atoms with Crippen LogP contribution in [0.15, 0.2) is 215 Å². The van der Waals surface area contributed by atoms with Crippen molar-refractivity contribution >= 4 is 65.2 Å². The zero-order valence-corrected chi connectivity index (χ0v) is 30.4. The van der Waals surface area contributed by atoms with Crippen LogP contribution in [0.4, 0.5) is 0 Å². The Morgan fingerprint density at radius 2 is 0.845 bits per heavy atom. The van der Waals surface area contributed by atoms with Crippen molar-refractivity contribution in [2.75, 3.05) is 0 Å². The third kappa shape index (κ3) is 4.99. The van der Waals surface area contributed by atoms with E-state index in [1.54, 1.807) is 54.6 Å². The van der Waals surface area contributed by atoms with Crippen LogP contribution in [0.25, 0.3) is 121 Å². The van der Waals surface area contributed by atoms with Gasteiger partial charge < -0.3 is 8.83 Å². The molecule has 0 aliphatic rings. The normalized spacial score (nSPS) is 14.9. The van der Waals surface area contributed by atoms with Gasteiger partial charge in [0.25, 0.3) is 0 Å².